The van der Waals surface area contributed by atoms with E-state index in [1.807, 2.05) is 22.7 Å². The second-order valence-corrected chi connectivity index (χ2v) is 23.0. The van der Waals surface area contributed by atoms with Crippen LogP contribution in [0, 0.1) is 0 Å². The number of benzene rings is 8. The zero-order valence-electron chi connectivity index (χ0n) is 37.6. The molecule has 0 bridgehead atoms. The van der Waals surface area contributed by atoms with Gasteiger partial charge in [-0.3, -0.25) is 0 Å². The smallest absolute Gasteiger partial charge is 0.197 e. The lowest BCUT2D eigenvalue weighted by Crippen LogP contribution is -2.38. The fraction of sp³-hybridized carbons (Fsp3) is 0.186. The van der Waals surface area contributed by atoms with Crippen LogP contribution in [-0.2, 0) is 16.2 Å². The molecule has 5 heteroatoms. The predicted octanol–water partition coefficient (Wildman–Crippen LogP) is 15.8. The van der Waals surface area contributed by atoms with Crippen LogP contribution in [0.2, 0.25) is 0 Å². The molecule has 1 radical (unpaired) electrons. The molecule has 1 N–H and O–H groups in total. The molecule has 0 fully saturated rings. The molecule has 11 aromatic rings. The highest BCUT2D eigenvalue weighted by Gasteiger charge is 2.43. The Bertz CT molecular complexity index is 3820. The summed E-state index contributed by atoms with van der Waals surface area (Å²) in [5.74, 6) is 0. The maximum atomic E-state index is 4.05. The first-order valence-corrected chi connectivity index (χ1v) is 24.3. The van der Waals surface area contributed by atoms with Crippen molar-refractivity contribution in [2.24, 2.45) is 0 Å². The summed E-state index contributed by atoms with van der Waals surface area (Å²) in [6.45, 7) is 18.8. The van der Waals surface area contributed by atoms with Gasteiger partial charge >= 0.3 is 0 Å². The van der Waals surface area contributed by atoms with Gasteiger partial charge in [0.25, 0.3) is 0 Å². The van der Waals surface area contributed by atoms with Gasteiger partial charge in [-0.05, 0) is 115 Å². The lowest BCUT2D eigenvalue weighted by molar-refractivity contribution is 0.590. The van der Waals surface area contributed by atoms with Crippen molar-refractivity contribution >= 4 is 114 Å². The summed E-state index contributed by atoms with van der Waals surface area (Å²) in [5.41, 5.74) is 19.1. The number of thiophene rings is 2. The van der Waals surface area contributed by atoms with Crippen molar-refractivity contribution in [3.8, 4) is 27.9 Å². The van der Waals surface area contributed by atoms with E-state index in [1.165, 1.54) is 123 Å². The minimum atomic E-state index is -0.263. The van der Waals surface area contributed by atoms with Gasteiger partial charge in [-0.1, -0.05) is 146 Å². The minimum absolute atomic E-state index is 0.00906. The molecule has 0 unspecified atom stereocenters. The quantitative estimate of drug-likeness (QED) is 0.175. The molecule has 0 saturated heterocycles. The van der Waals surface area contributed by atoms with E-state index in [9.17, 15) is 0 Å². The fourth-order valence-corrected chi connectivity index (χ4v) is 13.5. The lowest BCUT2D eigenvalue weighted by Gasteiger charge is -2.29. The fourth-order valence-electron chi connectivity index (χ4n) is 11.2. The molecule has 0 amide bonds. The molecule has 309 valence electrons. The topological polar surface area (TPSA) is 17.0 Å². The van der Waals surface area contributed by atoms with Crippen LogP contribution in [0.25, 0.3) is 90.1 Å². The van der Waals surface area contributed by atoms with Gasteiger partial charge in [0.05, 0.1) is 5.52 Å². The van der Waals surface area contributed by atoms with Crippen LogP contribution in [0.3, 0.4) is 0 Å². The van der Waals surface area contributed by atoms with E-state index in [2.05, 4.69) is 212 Å². The van der Waals surface area contributed by atoms with Crippen molar-refractivity contribution in [1.29, 1.82) is 0 Å². The van der Waals surface area contributed by atoms with Crippen LogP contribution in [0.4, 0.5) is 11.4 Å². The Hall–Kier alpha value is -6.14. The Morgan fingerprint density at radius 3 is 1.88 bits per heavy atom. The Balaban J connectivity index is 1.21. The van der Waals surface area contributed by atoms with E-state index < -0.39 is 0 Å². The molecule has 0 atom stereocenters. The highest BCUT2D eigenvalue weighted by Crippen LogP contribution is 2.58. The molecule has 2 aliphatic rings. The third-order valence-corrected chi connectivity index (χ3v) is 16.8. The summed E-state index contributed by atoms with van der Waals surface area (Å²) in [6, 6.07) is 53.4. The normalized spacial score (nSPS) is 14.2. The molecule has 2 nitrogen and oxygen atoms in total. The van der Waals surface area contributed by atoms with Crippen LogP contribution >= 0.6 is 22.7 Å². The number of nitrogens with one attached hydrogen (secondary N) is 1. The summed E-state index contributed by atoms with van der Waals surface area (Å²) in [5, 5.41) is 12.0. The molecule has 4 heterocycles. The van der Waals surface area contributed by atoms with Gasteiger partial charge in [0, 0.05) is 79.3 Å². The van der Waals surface area contributed by atoms with Gasteiger partial charge in [0.1, 0.15) is 0 Å². The Labute approximate surface area is 383 Å². The van der Waals surface area contributed by atoms with Crippen molar-refractivity contribution < 1.29 is 0 Å². The van der Waals surface area contributed by atoms with Gasteiger partial charge < -0.3 is 9.88 Å². The van der Waals surface area contributed by atoms with E-state index in [0.29, 0.717) is 0 Å². The predicted molar refractivity (Wildman–Crippen MR) is 282 cm³/mol. The Morgan fingerprint density at radius 2 is 1.17 bits per heavy atom. The highest BCUT2D eigenvalue weighted by molar-refractivity contribution is 7.26. The van der Waals surface area contributed by atoms with Crippen LogP contribution in [0.15, 0.2) is 140 Å². The molecular weight excluding hydrogens is 812 g/mol. The van der Waals surface area contributed by atoms with Gasteiger partial charge in [0.15, 0.2) is 7.28 Å². The molecule has 0 saturated carbocycles. The number of hydrogen-bond acceptors (Lipinski definition) is 3. The van der Waals surface area contributed by atoms with E-state index in [1.54, 1.807) is 0 Å². The number of fused-ring (bicyclic) bond motifs is 15. The number of hydrogen-bond donors (Lipinski definition) is 1. The SMILES string of the molecule is CC(C)(C)c1ccc(Nc2cc3sc4ccccc4c3cc2-c2c3c(c4c5cc(C(C)(C)C)ccc5n5c4c2[B]c2cc4c(cc2-5)sc2ccccc24)C(C)(C)c2ccccc2-3)cc1. The standard InChI is InChI=1S/C59H48BN2S2/c1-57(2,3)32-21-24-34(25-22-32)61-44-30-49-38(35-15-10-13-19-47(35)63-49)28-40(44)52-51-37-17-9-12-18-42(37)59(7,8)54(51)53-41-27-33(58(4,5)6)23-26-45(41)62-46-31-50-39(29-43(46)60-55(52)56(53)62)36-16-11-14-20-48(36)64-50/h9-31,61H,1-8H3. The molecule has 1 aliphatic heterocycles. The average molecular weight is 860 g/mol. The molecule has 64 heavy (non-hydrogen) atoms. The van der Waals surface area contributed by atoms with Crippen molar-refractivity contribution in [1.82, 2.24) is 4.57 Å². The molecule has 8 aromatic carbocycles. The van der Waals surface area contributed by atoms with Crippen molar-refractivity contribution in [3.05, 3.63) is 162 Å². The molecular formula is C59H48BN2S2. The first-order valence-electron chi connectivity index (χ1n) is 22.7. The van der Waals surface area contributed by atoms with E-state index in [-0.39, 0.29) is 16.2 Å². The summed E-state index contributed by atoms with van der Waals surface area (Å²) >= 11 is 3.79. The molecule has 0 spiro atoms. The summed E-state index contributed by atoms with van der Waals surface area (Å²) in [4.78, 5) is 0. The van der Waals surface area contributed by atoms with Gasteiger partial charge in [0.2, 0.25) is 0 Å². The first-order chi connectivity index (χ1) is 30.7. The van der Waals surface area contributed by atoms with Crippen molar-refractivity contribution in [3.63, 3.8) is 0 Å². The number of aromatic nitrogens is 1. The maximum Gasteiger partial charge on any atom is 0.197 e. The van der Waals surface area contributed by atoms with E-state index in [0.717, 1.165) is 11.4 Å². The summed E-state index contributed by atoms with van der Waals surface area (Å²) < 4.78 is 7.90. The number of nitrogens with zero attached hydrogens (tertiary/aromatic N) is 1. The Morgan fingerprint density at radius 1 is 0.547 bits per heavy atom. The second kappa shape index (κ2) is 13.0. The third-order valence-electron chi connectivity index (χ3n) is 14.5. The number of anilines is 2. The maximum absolute atomic E-state index is 4.05. The second-order valence-electron chi connectivity index (χ2n) is 20.8. The van der Waals surface area contributed by atoms with Crippen molar-refractivity contribution in [2.45, 2.75) is 71.6 Å². The first kappa shape index (κ1) is 38.3. The minimum Gasteiger partial charge on any atom is -0.355 e. The third kappa shape index (κ3) is 5.32. The summed E-state index contributed by atoms with van der Waals surface area (Å²) in [7, 11) is 2.55. The van der Waals surface area contributed by atoms with E-state index in [4.69, 9.17) is 0 Å². The van der Waals surface area contributed by atoms with Gasteiger partial charge in [-0.2, -0.15) is 0 Å². The molecule has 1 aliphatic carbocycles. The summed E-state index contributed by atoms with van der Waals surface area (Å²) in [6.07, 6.45) is 0. The monoisotopic (exact) mass is 859 g/mol. The van der Waals surface area contributed by atoms with E-state index >= 15 is 0 Å². The lowest BCUT2D eigenvalue weighted by atomic mass is 9.57. The van der Waals surface area contributed by atoms with Gasteiger partial charge in [-0.25, -0.2) is 0 Å². The highest BCUT2D eigenvalue weighted by atomic mass is 32.1. The zero-order valence-corrected chi connectivity index (χ0v) is 39.3. The van der Waals surface area contributed by atoms with Gasteiger partial charge in [-0.15, -0.1) is 22.7 Å². The molecule has 3 aromatic heterocycles. The number of rotatable bonds is 3. The van der Waals surface area contributed by atoms with Crippen LogP contribution in [-0.4, -0.2) is 11.8 Å². The largest absolute Gasteiger partial charge is 0.355 e. The van der Waals surface area contributed by atoms with Crippen LogP contribution in [0.5, 0.6) is 0 Å². The average Bonchev–Trinajstić information content (AvgIpc) is 3.99. The van der Waals surface area contributed by atoms with Crippen molar-refractivity contribution in [2.75, 3.05) is 5.32 Å². The van der Waals surface area contributed by atoms with Crippen LogP contribution in [0.1, 0.15) is 77.6 Å². The molecule has 13 rings (SSSR count). The van der Waals surface area contributed by atoms with Crippen LogP contribution < -0.4 is 16.2 Å². The zero-order chi connectivity index (χ0) is 43.6. The Kier molecular flexibility index (Phi) is 7.78.